The van der Waals surface area contributed by atoms with Gasteiger partial charge < -0.3 is 9.80 Å². The molecule has 122 valence electrons. The van der Waals surface area contributed by atoms with Crippen molar-refractivity contribution in [2.45, 2.75) is 40.0 Å². The van der Waals surface area contributed by atoms with E-state index in [-0.39, 0.29) is 23.1 Å². The first-order chi connectivity index (χ1) is 10.3. The third-order valence-electron chi connectivity index (χ3n) is 3.75. The maximum Gasteiger partial charge on any atom is 0.270 e. The fraction of sp³-hybridized carbons (Fsp3) is 0.733. The summed E-state index contributed by atoms with van der Waals surface area (Å²) in [6, 6.07) is 0. The zero-order valence-electron chi connectivity index (χ0n) is 13.5. The van der Waals surface area contributed by atoms with E-state index < -0.39 is 0 Å². The maximum absolute atomic E-state index is 12.3. The summed E-state index contributed by atoms with van der Waals surface area (Å²) in [6.07, 6.45) is 1.20. The molecule has 2 heterocycles. The molecule has 2 aliphatic heterocycles. The standard InChI is InChI=1S/C15H24N4O3/c1-15(2,3)10-13(21)18-6-8-19(9-7-18)14(22)11-4-5-12(20)17-16-11/h4-10H2,1-3H3,(H,17,20). The van der Waals surface area contributed by atoms with Crippen molar-refractivity contribution in [1.29, 1.82) is 0 Å². The van der Waals surface area contributed by atoms with Crippen LogP contribution in [0.4, 0.5) is 0 Å². The molecule has 0 aromatic heterocycles. The van der Waals surface area contributed by atoms with Gasteiger partial charge in [-0.3, -0.25) is 14.4 Å². The van der Waals surface area contributed by atoms with Gasteiger partial charge in [-0.25, -0.2) is 5.43 Å². The lowest BCUT2D eigenvalue weighted by atomic mass is 9.91. The minimum atomic E-state index is -0.158. The zero-order chi connectivity index (χ0) is 16.3. The quantitative estimate of drug-likeness (QED) is 0.799. The molecule has 1 saturated heterocycles. The van der Waals surface area contributed by atoms with Crippen molar-refractivity contribution in [2.75, 3.05) is 26.2 Å². The molecule has 3 amide bonds. The molecule has 0 atom stereocenters. The minimum Gasteiger partial charge on any atom is -0.339 e. The number of amides is 3. The van der Waals surface area contributed by atoms with Gasteiger partial charge >= 0.3 is 0 Å². The number of rotatable bonds is 2. The highest BCUT2D eigenvalue weighted by Gasteiger charge is 2.29. The van der Waals surface area contributed by atoms with Gasteiger partial charge in [0.2, 0.25) is 11.8 Å². The Labute approximate surface area is 130 Å². The summed E-state index contributed by atoms with van der Waals surface area (Å²) in [7, 11) is 0. The highest BCUT2D eigenvalue weighted by molar-refractivity contribution is 6.39. The Balaban J connectivity index is 1.85. The van der Waals surface area contributed by atoms with Crippen LogP contribution >= 0.6 is 0 Å². The summed E-state index contributed by atoms with van der Waals surface area (Å²) in [5, 5.41) is 3.83. The van der Waals surface area contributed by atoms with Gasteiger partial charge in [-0.2, -0.15) is 5.10 Å². The summed E-state index contributed by atoms with van der Waals surface area (Å²) in [5.41, 5.74) is 2.71. The van der Waals surface area contributed by atoms with Gasteiger partial charge in [0.15, 0.2) is 0 Å². The van der Waals surface area contributed by atoms with Gasteiger partial charge in [0.25, 0.3) is 5.91 Å². The Morgan fingerprint density at radius 2 is 1.68 bits per heavy atom. The normalized spacial score (nSPS) is 19.6. The Morgan fingerprint density at radius 1 is 1.09 bits per heavy atom. The number of nitrogens with one attached hydrogen (secondary N) is 1. The number of piperazine rings is 1. The van der Waals surface area contributed by atoms with Crippen LogP contribution in [0.1, 0.15) is 40.0 Å². The maximum atomic E-state index is 12.3. The van der Waals surface area contributed by atoms with Gasteiger partial charge in [0.1, 0.15) is 5.71 Å². The van der Waals surface area contributed by atoms with Crippen LogP contribution in [0.15, 0.2) is 5.10 Å². The summed E-state index contributed by atoms with van der Waals surface area (Å²) in [5.74, 6) is -0.154. The lowest BCUT2D eigenvalue weighted by Crippen LogP contribution is -2.53. The molecule has 7 nitrogen and oxygen atoms in total. The van der Waals surface area contributed by atoms with Gasteiger partial charge in [-0.05, 0) is 5.41 Å². The zero-order valence-corrected chi connectivity index (χ0v) is 13.5. The minimum absolute atomic E-state index is 0.0287. The molecule has 0 aromatic rings. The first-order valence-electron chi connectivity index (χ1n) is 7.69. The van der Waals surface area contributed by atoms with Gasteiger partial charge in [0, 0.05) is 45.4 Å². The Kier molecular flexibility index (Phi) is 4.83. The van der Waals surface area contributed by atoms with Crippen molar-refractivity contribution in [2.24, 2.45) is 10.5 Å². The average molecular weight is 308 g/mol. The summed E-state index contributed by atoms with van der Waals surface area (Å²) >= 11 is 0. The second-order valence-electron chi connectivity index (χ2n) is 7.00. The molecule has 0 unspecified atom stereocenters. The van der Waals surface area contributed by atoms with Gasteiger partial charge in [-0.1, -0.05) is 20.8 Å². The van der Waals surface area contributed by atoms with Crippen molar-refractivity contribution < 1.29 is 14.4 Å². The molecule has 0 spiro atoms. The second-order valence-corrected chi connectivity index (χ2v) is 7.00. The summed E-state index contributed by atoms with van der Waals surface area (Å²) in [4.78, 5) is 39.1. The van der Waals surface area contributed by atoms with E-state index in [1.54, 1.807) is 4.90 Å². The Bertz CT molecular complexity index is 499. The highest BCUT2D eigenvalue weighted by atomic mass is 16.2. The van der Waals surface area contributed by atoms with Crippen LogP contribution in [0.3, 0.4) is 0 Å². The SMILES string of the molecule is CC(C)(C)CC(=O)N1CCN(C(=O)C2=NNC(=O)CC2)CC1. The molecule has 0 radical (unpaired) electrons. The van der Waals surface area contributed by atoms with Crippen LogP contribution in [-0.2, 0) is 14.4 Å². The van der Waals surface area contributed by atoms with Crippen LogP contribution in [0.2, 0.25) is 0 Å². The predicted molar refractivity (Wildman–Crippen MR) is 82.0 cm³/mol. The van der Waals surface area contributed by atoms with Crippen molar-refractivity contribution in [3.05, 3.63) is 0 Å². The number of hydrazone groups is 1. The van der Waals surface area contributed by atoms with E-state index in [4.69, 9.17) is 0 Å². The Morgan fingerprint density at radius 3 is 2.18 bits per heavy atom. The molecular weight excluding hydrogens is 284 g/mol. The number of carbonyl (C=O) groups is 3. The average Bonchev–Trinajstić information content (AvgIpc) is 2.46. The van der Waals surface area contributed by atoms with Crippen molar-refractivity contribution in [3.63, 3.8) is 0 Å². The molecule has 1 fully saturated rings. The van der Waals surface area contributed by atoms with E-state index in [0.717, 1.165) is 0 Å². The van der Waals surface area contributed by atoms with Crippen LogP contribution in [0.25, 0.3) is 0 Å². The molecule has 0 aliphatic carbocycles. The number of hydrogen-bond donors (Lipinski definition) is 1. The molecule has 1 N–H and O–H groups in total. The van der Waals surface area contributed by atoms with Crippen LogP contribution in [0, 0.1) is 5.41 Å². The largest absolute Gasteiger partial charge is 0.339 e. The smallest absolute Gasteiger partial charge is 0.270 e. The Hall–Kier alpha value is -1.92. The number of hydrogen-bond acceptors (Lipinski definition) is 4. The predicted octanol–water partition coefficient (Wildman–Crippen LogP) is 0.359. The molecule has 22 heavy (non-hydrogen) atoms. The fourth-order valence-corrected chi connectivity index (χ4v) is 2.54. The van der Waals surface area contributed by atoms with Crippen LogP contribution in [0.5, 0.6) is 0 Å². The topological polar surface area (TPSA) is 82.1 Å². The molecule has 0 aromatic carbocycles. The number of carbonyl (C=O) groups excluding carboxylic acids is 3. The van der Waals surface area contributed by atoms with Gasteiger partial charge in [-0.15, -0.1) is 0 Å². The van der Waals surface area contributed by atoms with E-state index >= 15 is 0 Å². The third-order valence-corrected chi connectivity index (χ3v) is 3.75. The van der Waals surface area contributed by atoms with E-state index in [9.17, 15) is 14.4 Å². The first kappa shape index (κ1) is 16.5. The second kappa shape index (κ2) is 6.46. The van der Waals surface area contributed by atoms with E-state index in [2.05, 4.69) is 10.5 Å². The first-order valence-corrected chi connectivity index (χ1v) is 7.69. The fourth-order valence-electron chi connectivity index (χ4n) is 2.54. The lowest BCUT2D eigenvalue weighted by molar-refractivity contribution is -0.138. The molecule has 2 aliphatic rings. The van der Waals surface area contributed by atoms with Crippen LogP contribution < -0.4 is 5.43 Å². The van der Waals surface area contributed by atoms with E-state index in [0.29, 0.717) is 51.2 Å². The summed E-state index contributed by atoms with van der Waals surface area (Å²) in [6.45, 7) is 8.27. The van der Waals surface area contributed by atoms with Crippen molar-refractivity contribution in [3.8, 4) is 0 Å². The third kappa shape index (κ3) is 4.29. The number of nitrogens with zero attached hydrogens (tertiary/aromatic N) is 3. The molecule has 0 bridgehead atoms. The van der Waals surface area contributed by atoms with Crippen molar-refractivity contribution >= 4 is 23.4 Å². The lowest BCUT2D eigenvalue weighted by Gasteiger charge is -2.36. The molecule has 2 rings (SSSR count). The van der Waals surface area contributed by atoms with Crippen molar-refractivity contribution in [1.82, 2.24) is 15.2 Å². The monoisotopic (exact) mass is 308 g/mol. The highest BCUT2D eigenvalue weighted by Crippen LogP contribution is 2.20. The molecular formula is C15H24N4O3. The van der Waals surface area contributed by atoms with E-state index in [1.807, 2.05) is 25.7 Å². The van der Waals surface area contributed by atoms with Gasteiger partial charge in [0.05, 0.1) is 0 Å². The van der Waals surface area contributed by atoms with Crippen LogP contribution in [-0.4, -0.2) is 59.4 Å². The summed E-state index contributed by atoms with van der Waals surface area (Å²) < 4.78 is 0. The van der Waals surface area contributed by atoms with E-state index in [1.165, 1.54) is 0 Å². The molecule has 7 heteroatoms. The molecule has 0 saturated carbocycles.